The molecule has 0 bridgehead atoms. The number of fused-ring (bicyclic) bond motifs is 1. The van der Waals surface area contributed by atoms with E-state index in [9.17, 15) is 9.59 Å². The smallest absolute Gasteiger partial charge is 0.197 e. The first-order valence-electron chi connectivity index (χ1n) is 8.60. The minimum absolute atomic E-state index is 0.141. The molecule has 0 saturated heterocycles. The van der Waals surface area contributed by atoms with E-state index in [4.69, 9.17) is 16.3 Å². The maximum atomic E-state index is 12.7. The summed E-state index contributed by atoms with van der Waals surface area (Å²) in [5, 5.41) is 0.621. The highest BCUT2D eigenvalue weighted by atomic mass is 79.9. The van der Waals surface area contributed by atoms with Gasteiger partial charge in [-0.15, -0.1) is 0 Å². The molecule has 1 aliphatic carbocycles. The second-order valence-corrected chi connectivity index (χ2v) is 7.65. The quantitative estimate of drug-likeness (QED) is 0.352. The lowest BCUT2D eigenvalue weighted by Gasteiger charge is -2.11. The molecule has 138 valence electrons. The second kappa shape index (κ2) is 7.74. The van der Waals surface area contributed by atoms with Crippen molar-refractivity contribution in [3.8, 4) is 5.75 Å². The summed E-state index contributed by atoms with van der Waals surface area (Å²) in [5.74, 6) is 0.0300. The lowest BCUT2D eigenvalue weighted by molar-refractivity contribution is 0.0990. The Morgan fingerprint density at radius 1 is 0.893 bits per heavy atom. The van der Waals surface area contributed by atoms with Gasteiger partial charge in [-0.2, -0.15) is 0 Å². The van der Waals surface area contributed by atoms with Gasteiger partial charge in [-0.25, -0.2) is 0 Å². The van der Waals surface area contributed by atoms with Gasteiger partial charge < -0.3 is 4.74 Å². The molecule has 3 aromatic carbocycles. The lowest BCUT2D eigenvalue weighted by Crippen LogP contribution is -2.02. The van der Waals surface area contributed by atoms with Crippen LogP contribution in [0, 0.1) is 0 Å². The summed E-state index contributed by atoms with van der Waals surface area (Å²) in [6.07, 6.45) is 1.59. The van der Waals surface area contributed by atoms with Crippen molar-refractivity contribution in [1.29, 1.82) is 0 Å². The number of Topliss-reactive ketones (excluding diaryl/α,β-unsaturated/α-hetero) is 2. The molecule has 0 spiro atoms. The maximum absolute atomic E-state index is 12.7. The number of hydrogen-bond donors (Lipinski definition) is 0. The van der Waals surface area contributed by atoms with E-state index in [1.54, 1.807) is 42.5 Å². The van der Waals surface area contributed by atoms with Crippen LogP contribution in [0.15, 0.2) is 76.8 Å². The number of ketones is 2. The van der Waals surface area contributed by atoms with Crippen LogP contribution in [0.2, 0.25) is 5.02 Å². The number of carbonyl (C=O) groups excluding carboxylic acids is 2. The average molecular weight is 454 g/mol. The standard InChI is InChI=1S/C23H14BrClO3/c24-16-9-10-21(28-13-14-5-1-4-8-20(14)25)15(11-16)12-19-22(26)17-6-2-3-7-18(17)23(19)27/h1-12H,13H2. The van der Waals surface area contributed by atoms with E-state index >= 15 is 0 Å². The molecule has 1 aliphatic rings. The van der Waals surface area contributed by atoms with Crippen molar-refractivity contribution in [3.05, 3.63) is 104 Å². The first-order valence-corrected chi connectivity index (χ1v) is 9.77. The van der Waals surface area contributed by atoms with Gasteiger partial charge in [0.2, 0.25) is 0 Å². The van der Waals surface area contributed by atoms with Crippen molar-refractivity contribution in [3.63, 3.8) is 0 Å². The van der Waals surface area contributed by atoms with Gasteiger partial charge in [0.15, 0.2) is 11.6 Å². The largest absolute Gasteiger partial charge is 0.488 e. The molecule has 0 heterocycles. The van der Waals surface area contributed by atoms with Crippen molar-refractivity contribution >= 4 is 45.2 Å². The Morgan fingerprint density at radius 3 is 2.21 bits per heavy atom. The Morgan fingerprint density at radius 2 is 1.54 bits per heavy atom. The van der Waals surface area contributed by atoms with Crippen LogP contribution in [0.5, 0.6) is 5.75 Å². The first kappa shape index (κ1) is 18.7. The van der Waals surface area contributed by atoms with Crippen molar-refractivity contribution in [2.45, 2.75) is 6.61 Å². The SMILES string of the molecule is O=C1C(=Cc2cc(Br)ccc2OCc2ccccc2Cl)C(=O)c2ccccc21. The minimum atomic E-state index is -0.266. The molecule has 0 aromatic heterocycles. The summed E-state index contributed by atoms with van der Waals surface area (Å²) in [4.78, 5) is 25.3. The second-order valence-electron chi connectivity index (χ2n) is 6.32. The first-order chi connectivity index (χ1) is 13.5. The third kappa shape index (κ3) is 3.53. The highest BCUT2D eigenvalue weighted by Crippen LogP contribution is 2.32. The number of carbonyl (C=O) groups is 2. The van der Waals surface area contributed by atoms with Crippen LogP contribution >= 0.6 is 27.5 Å². The molecular formula is C23H14BrClO3. The van der Waals surface area contributed by atoms with Crippen molar-refractivity contribution in [2.24, 2.45) is 0 Å². The lowest BCUT2D eigenvalue weighted by atomic mass is 10.1. The molecule has 5 heteroatoms. The third-order valence-electron chi connectivity index (χ3n) is 4.52. The molecular weight excluding hydrogens is 440 g/mol. The van der Waals surface area contributed by atoms with Crippen LogP contribution in [0.4, 0.5) is 0 Å². The molecule has 3 aromatic rings. The van der Waals surface area contributed by atoms with Gasteiger partial charge in [-0.1, -0.05) is 70.0 Å². The van der Waals surface area contributed by atoms with E-state index in [-0.39, 0.29) is 23.7 Å². The number of allylic oxidation sites excluding steroid dienone is 1. The van der Waals surface area contributed by atoms with Gasteiger partial charge in [0.1, 0.15) is 12.4 Å². The molecule has 0 fully saturated rings. The van der Waals surface area contributed by atoms with Crippen LogP contribution < -0.4 is 4.74 Å². The fraction of sp³-hybridized carbons (Fsp3) is 0.0435. The van der Waals surface area contributed by atoms with Crippen LogP contribution in [0.3, 0.4) is 0 Å². The highest BCUT2D eigenvalue weighted by molar-refractivity contribution is 9.10. The number of rotatable bonds is 4. The molecule has 0 unspecified atom stereocenters. The zero-order valence-electron chi connectivity index (χ0n) is 14.6. The third-order valence-corrected chi connectivity index (χ3v) is 5.38. The summed E-state index contributed by atoms with van der Waals surface area (Å²) >= 11 is 9.63. The molecule has 4 rings (SSSR count). The van der Waals surface area contributed by atoms with E-state index in [2.05, 4.69) is 15.9 Å². The van der Waals surface area contributed by atoms with Gasteiger partial charge >= 0.3 is 0 Å². The molecule has 0 saturated carbocycles. The van der Waals surface area contributed by atoms with Crippen molar-refractivity contribution in [2.75, 3.05) is 0 Å². The van der Waals surface area contributed by atoms with Gasteiger partial charge in [0.05, 0.1) is 5.57 Å². The summed E-state index contributed by atoms with van der Waals surface area (Å²) in [7, 11) is 0. The average Bonchev–Trinajstić information content (AvgIpc) is 2.94. The van der Waals surface area contributed by atoms with Gasteiger partial charge in [-0.05, 0) is 30.3 Å². The normalized spacial score (nSPS) is 12.9. The van der Waals surface area contributed by atoms with Crippen LogP contribution in [-0.2, 0) is 6.61 Å². The molecule has 0 aliphatic heterocycles. The predicted molar refractivity (Wildman–Crippen MR) is 113 cm³/mol. The van der Waals surface area contributed by atoms with Gasteiger partial charge in [0, 0.05) is 31.7 Å². The topological polar surface area (TPSA) is 43.4 Å². The molecule has 0 atom stereocenters. The van der Waals surface area contributed by atoms with Gasteiger partial charge in [-0.3, -0.25) is 9.59 Å². The zero-order valence-corrected chi connectivity index (χ0v) is 17.0. The van der Waals surface area contributed by atoms with Crippen LogP contribution in [-0.4, -0.2) is 11.6 Å². The summed E-state index contributed by atoms with van der Waals surface area (Å²) in [6.45, 7) is 0.277. The highest BCUT2D eigenvalue weighted by Gasteiger charge is 2.32. The Bertz CT molecular complexity index is 1100. The van der Waals surface area contributed by atoms with Crippen LogP contribution in [0.1, 0.15) is 31.8 Å². The monoisotopic (exact) mass is 452 g/mol. The molecule has 3 nitrogen and oxygen atoms in total. The summed E-state index contributed by atoms with van der Waals surface area (Å²) in [5.41, 5.74) is 2.51. The summed E-state index contributed by atoms with van der Waals surface area (Å²) in [6, 6.07) is 19.8. The molecule has 0 N–H and O–H groups in total. The Kier molecular flexibility index (Phi) is 5.16. The van der Waals surface area contributed by atoms with Gasteiger partial charge in [0.25, 0.3) is 0 Å². The number of benzene rings is 3. The number of halogens is 2. The van der Waals surface area contributed by atoms with Crippen LogP contribution in [0.25, 0.3) is 6.08 Å². The Labute approximate surface area is 175 Å². The summed E-state index contributed by atoms with van der Waals surface area (Å²) < 4.78 is 6.76. The predicted octanol–water partition coefficient (Wildman–Crippen LogP) is 6.14. The van der Waals surface area contributed by atoms with Crippen molar-refractivity contribution in [1.82, 2.24) is 0 Å². The maximum Gasteiger partial charge on any atom is 0.197 e. The zero-order chi connectivity index (χ0) is 19.7. The fourth-order valence-electron chi connectivity index (χ4n) is 3.09. The fourth-order valence-corrected chi connectivity index (χ4v) is 3.66. The Balaban J connectivity index is 1.68. The molecule has 28 heavy (non-hydrogen) atoms. The van der Waals surface area contributed by atoms with E-state index < -0.39 is 0 Å². The van der Waals surface area contributed by atoms with E-state index in [1.165, 1.54) is 0 Å². The molecule has 0 amide bonds. The Hall–Kier alpha value is -2.69. The molecule has 0 radical (unpaired) electrons. The van der Waals surface area contributed by atoms with E-state index in [0.29, 0.717) is 27.5 Å². The minimum Gasteiger partial charge on any atom is -0.488 e. The van der Waals surface area contributed by atoms with E-state index in [0.717, 1.165) is 10.0 Å². The van der Waals surface area contributed by atoms with Crippen molar-refractivity contribution < 1.29 is 14.3 Å². The number of hydrogen-bond acceptors (Lipinski definition) is 3. The van der Waals surface area contributed by atoms with E-state index in [1.807, 2.05) is 30.3 Å². The number of ether oxygens (including phenoxy) is 1.